The first-order valence-electron chi connectivity index (χ1n) is 10.5. The van der Waals surface area contributed by atoms with Crippen LogP contribution in [0.2, 0.25) is 0 Å². The normalized spacial score (nSPS) is 11.8. The molecule has 0 bridgehead atoms. The van der Waals surface area contributed by atoms with Gasteiger partial charge in [0.2, 0.25) is 0 Å². The van der Waals surface area contributed by atoms with E-state index < -0.39 is 23.6 Å². The molecule has 1 atom stereocenters. The molecule has 0 aliphatic rings. The molecule has 0 aliphatic carbocycles. The van der Waals surface area contributed by atoms with Crippen molar-refractivity contribution in [1.29, 1.82) is 0 Å². The van der Waals surface area contributed by atoms with E-state index in [1.165, 1.54) is 31.2 Å². The zero-order valence-electron chi connectivity index (χ0n) is 19.2. The van der Waals surface area contributed by atoms with E-state index >= 15 is 0 Å². The van der Waals surface area contributed by atoms with Crippen LogP contribution < -0.4 is 20.1 Å². The van der Waals surface area contributed by atoms with E-state index in [4.69, 9.17) is 4.74 Å². The summed E-state index contributed by atoms with van der Waals surface area (Å²) in [6.45, 7) is 1.49. The number of nitrogens with one attached hydrogen (secondary N) is 3. The van der Waals surface area contributed by atoms with Crippen LogP contribution in [0.15, 0.2) is 54.6 Å². The van der Waals surface area contributed by atoms with Gasteiger partial charge in [-0.25, -0.2) is 13.1 Å². The number of rotatable bonds is 10. The molecule has 35 heavy (non-hydrogen) atoms. The Morgan fingerprint density at radius 1 is 1.14 bits per heavy atom. The molecule has 3 aromatic rings. The van der Waals surface area contributed by atoms with Crippen LogP contribution in [0.3, 0.4) is 0 Å². The summed E-state index contributed by atoms with van der Waals surface area (Å²) in [4.78, 5) is 13.1. The number of hydrogen-bond donors (Lipinski definition) is 4. The van der Waals surface area contributed by atoms with Gasteiger partial charge in [-0.05, 0) is 80.0 Å². The number of aliphatic hydroxyl groups is 1. The number of amides is 1. The molecule has 0 saturated carbocycles. The van der Waals surface area contributed by atoms with Gasteiger partial charge in [0.25, 0.3) is 5.91 Å². The largest absolute Gasteiger partial charge is 0.456 e. The van der Waals surface area contributed by atoms with E-state index in [1.807, 2.05) is 47.1 Å². The summed E-state index contributed by atoms with van der Waals surface area (Å²) in [5, 5.41) is 15.0. The maximum atomic E-state index is 14.6. The number of nitrogens with zero attached hydrogens (tertiary/aromatic N) is 1. The fourth-order valence-electron chi connectivity index (χ4n) is 2.95. The van der Waals surface area contributed by atoms with Crippen molar-refractivity contribution in [2.45, 2.75) is 13.0 Å². The first kappa shape index (κ1) is 27.0. The highest BCUT2D eigenvalue weighted by atomic mass is 127. The quantitative estimate of drug-likeness (QED) is 0.171. The molecule has 1 unspecified atom stereocenters. The van der Waals surface area contributed by atoms with Crippen molar-refractivity contribution in [2.75, 3.05) is 30.7 Å². The summed E-state index contributed by atoms with van der Waals surface area (Å²) in [7, 11) is 3.77. The number of carbonyl (C=O) groups is 1. The van der Waals surface area contributed by atoms with Crippen LogP contribution in [0.1, 0.15) is 17.3 Å². The van der Waals surface area contributed by atoms with Gasteiger partial charge in [-0.2, -0.15) is 0 Å². The average Bonchev–Trinajstić information content (AvgIpc) is 2.78. The SMILES string of the molecule is CC(O)CNC(=O)c1c(Nc2ccc(I)cc2F)cc(F)cc1Oc1cccc(NSN(C)C)c1. The minimum atomic E-state index is -0.800. The lowest BCUT2D eigenvalue weighted by Gasteiger charge is -2.18. The molecule has 1 amide bonds. The summed E-state index contributed by atoms with van der Waals surface area (Å²) in [5.74, 6) is -1.57. The Bertz CT molecular complexity index is 1200. The molecule has 186 valence electrons. The molecule has 4 N–H and O–H groups in total. The topological polar surface area (TPSA) is 85.9 Å². The predicted molar refractivity (Wildman–Crippen MR) is 144 cm³/mol. The zero-order valence-corrected chi connectivity index (χ0v) is 22.2. The van der Waals surface area contributed by atoms with E-state index in [0.29, 0.717) is 9.32 Å². The van der Waals surface area contributed by atoms with E-state index in [0.717, 1.165) is 17.8 Å². The third kappa shape index (κ3) is 7.95. The summed E-state index contributed by atoms with van der Waals surface area (Å²) in [6.07, 6.45) is -0.800. The van der Waals surface area contributed by atoms with Crippen molar-refractivity contribution < 1.29 is 23.4 Å². The third-order valence-electron chi connectivity index (χ3n) is 4.46. The van der Waals surface area contributed by atoms with Gasteiger partial charge in [-0.3, -0.25) is 4.79 Å². The van der Waals surface area contributed by atoms with Crippen LogP contribution in [-0.2, 0) is 0 Å². The standard InChI is InChI=1S/C24H25F2IN4O3S/c1-14(32)13-28-24(33)23-21(29-20-8-7-16(27)11-19(20)26)9-15(25)10-22(23)34-18-6-4-5-17(12-18)30-35-31(2)3/h4-12,14,29-30,32H,13H2,1-3H3,(H,28,33). The first-order chi connectivity index (χ1) is 16.6. The van der Waals surface area contributed by atoms with Crippen LogP contribution in [0.5, 0.6) is 11.5 Å². The van der Waals surface area contributed by atoms with Crippen molar-refractivity contribution in [3.05, 3.63) is 75.4 Å². The molecule has 0 fully saturated rings. The highest BCUT2D eigenvalue weighted by Crippen LogP contribution is 2.35. The van der Waals surface area contributed by atoms with Gasteiger partial charge in [0, 0.05) is 40.1 Å². The van der Waals surface area contributed by atoms with Crippen LogP contribution in [-0.4, -0.2) is 42.1 Å². The molecule has 3 aromatic carbocycles. The lowest BCUT2D eigenvalue weighted by Crippen LogP contribution is -2.31. The van der Waals surface area contributed by atoms with Crippen LogP contribution in [0.4, 0.5) is 25.8 Å². The summed E-state index contributed by atoms with van der Waals surface area (Å²) in [5.41, 5.74) is 0.780. The van der Waals surface area contributed by atoms with Gasteiger partial charge in [-0.15, -0.1) is 0 Å². The predicted octanol–water partition coefficient (Wildman–Crippen LogP) is 5.75. The Morgan fingerprint density at radius 3 is 2.60 bits per heavy atom. The minimum absolute atomic E-state index is 0.0145. The summed E-state index contributed by atoms with van der Waals surface area (Å²) >= 11 is 3.34. The summed E-state index contributed by atoms with van der Waals surface area (Å²) < 4.78 is 40.8. The molecule has 11 heteroatoms. The first-order valence-corrected chi connectivity index (χ1v) is 12.4. The smallest absolute Gasteiger partial charge is 0.257 e. The van der Waals surface area contributed by atoms with Crippen molar-refractivity contribution in [2.24, 2.45) is 0 Å². The van der Waals surface area contributed by atoms with Gasteiger partial charge in [0.15, 0.2) is 0 Å². The van der Waals surface area contributed by atoms with Crippen molar-refractivity contribution in [3.8, 4) is 11.5 Å². The molecule has 0 radical (unpaired) electrons. The Morgan fingerprint density at radius 2 is 1.91 bits per heavy atom. The van der Waals surface area contributed by atoms with Crippen LogP contribution in [0.25, 0.3) is 0 Å². The van der Waals surface area contributed by atoms with Gasteiger partial charge in [0.1, 0.15) is 28.7 Å². The highest BCUT2D eigenvalue weighted by molar-refractivity contribution is 14.1. The van der Waals surface area contributed by atoms with E-state index in [9.17, 15) is 18.7 Å². The molecule has 0 aliphatic heterocycles. The molecule has 3 rings (SSSR count). The van der Waals surface area contributed by atoms with E-state index in [1.54, 1.807) is 24.3 Å². The maximum Gasteiger partial charge on any atom is 0.257 e. The lowest BCUT2D eigenvalue weighted by molar-refractivity contribution is 0.0922. The Balaban J connectivity index is 2.01. The fourth-order valence-corrected chi connectivity index (χ4v) is 3.82. The third-order valence-corrected chi connectivity index (χ3v) is 5.82. The Hall–Kier alpha value is -2.61. The second-order valence-corrected chi connectivity index (χ2v) is 10.1. The fraction of sp³-hybridized carbons (Fsp3) is 0.208. The molecular weight excluding hydrogens is 589 g/mol. The highest BCUT2D eigenvalue weighted by Gasteiger charge is 2.22. The Kier molecular flexibility index (Phi) is 9.55. The molecule has 0 spiro atoms. The molecular formula is C24H25F2IN4O3S. The number of ether oxygens (including phenoxy) is 1. The van der Waals surface area contributed by atoms with Crippen molar-refractivity contribution in [1.82, 2.24) is 9.62 Å². The van der Waals surface area contributed by atoms with Crippen molar-refractivity contribution >= 4 is 57.7 Å². The molecule has 0 aromatic heterocycles. The van der Waals surface area contributed by atoms with Gasteiger partial charge in [-0.1, -0.05) is 6.07 Å². The van der Waals surface area contributed by atoms with E-state index in [2.05, 4.69) is 15.4 Å². The van der Waals surface area contributed by atoms with Gasteiger partial charge < -0.3 is 25.2 Å². The zero-order chi connectivity index (χ0) is 25.5. The number of anilines is 3. The number of aliphatic hydroxyl groups excluding tert-OH is 1. The second kappa shape index (κ2) is 12.4. The maximum absolute atomic E-state index is 14.6. The molecule has 7 nitrogen and oxygen atoms in total. The number of carbonyl (C=O) groups excluding carboxylic acids is 1. The van der Waals surface area contributed by atoms with Crippen LogP contribution >= 0.6 is 34.7 Å². The lowest BCUT2D eigenvalue weighted by atomic mass is 10.1. The Labute approximate surface area is 220 Å². The van der Waals surface area contributed by atoms with Gasteiger partial charge in [0.05, 0.1) is 17.5 Å². The summed E-state index contributed by atoms with van der Waals surface area (Å²) in [6, 6.07) is 13.6. The van der Waals surface area contributed by atoms with Crippen LogP contribution in [0, 0.1) is 15.2 Å². The number of benzene rings is 3. The molecule has 0 heterocycles. The monoisotopic (exact) mass is 614 g/mol. The molecule has 0 saturated heterocycles. The second-order valence-electron chi connectivity index (χ2n) is 7.77. The number of halogens is 3. The van der Waals surface area contributed by atoms with Gasteiger partial charge >= 0.3 is 0 Å². The minimum Gasteiger partial charge on any atom is -0.456 e. The number of hydrogen-bond acceptors (Lipinski definition) is 7. The average molecular weight is 614 g/mol. The van der Waals surface area contributed by atoms with E-state index in [-0.39, 0.29) is 29.2 Å². The van der Waals surface area contributed by atoms with Crippen molar-refractivity contribution in [3.63, 3.8) is 0 Å².